The maximum atomic E-state index is 12.6. The van der Waals surface area contributed by atoms with Crippen molar-refractivity contribution in [3.63, 3.8) is 0 Å². The van der Waals surface area contributed by atoms with E-state index in [-0.39, 0.29) is 30.9 Å². The number of carbonyl (C=O) groups is 2. The van der Waals surface area contributed by atoms with Gasteiger partial charge in [-0.1, -0.05) is 123 Å². The molecule has 3 N–H and O–H groups in total. The average Bonchev–Trinajstić information content (AvgIpc) is 2.90. The number of amides is 2. The molecule has 1 aliphatic heterocycles. The largest absolute Gasteiger partial charge is 0.393 e. The highest BCUT2D eigenvalue weighted by molar-refractivity contribution is 5.83. The Morgan fingerprint density at radius 1 is 0.875 bits per heavy atom. The molecular formula is C33H62N2O5. The Morgan fingerprint density at radius 3 is 1.95 bits per heavy atom. The summed E-state index contributed by atoms with van der Waals surface area (Å²) in [4.78, 5) is 24.7. The standard InChI is InChI=1S/C33H62N2O5/c1-6-7-8-9-10-11-12-13-14-15-16-17-18-19-20-22-28(36)23-21-25-34-29(37)24-26-35-31(38)30-32(2,3)27-39-33(4,5)40-30/h21,25,28,30,36H,6-20,22-24,26-27H2,1-5H3,(H,34,37)(H,35,38). The van der Waals surface area contributed by atoms with Crippen molar-refractivity contribution in [1.82, 2.24) is 10.6 Å². The van der Waals surface area contributed by atoms with E-state index in [9.17, 15) is 14.7 Å². The van der Waals surface area contributed by atoms with Gasteiger partial charge in [0.25, 0.3) is 0 Å². The second-order valence-corrected chi connectivity index (χ2v) is 12.8. The van der Waals surface area contributed by atoms with Crippen LogP contribution in [-0.2, 0) is 19.1 Å². The molecule has 2 atom stereocenters. The predicted molar refractivity (Wildman–Crippen MR) is 164 cm³/mol. The highest BCUT2D eigenvalue weighted by Gasteiger charge is 2.45. The third-order valence-electron chi connectivity index (χ3n) is 7.70. The quantitative estimate of drug-likeness (QED) is 0.113. The van der Waals surface area contributed by atoms with E-state index < -0.39 is 17.3 Å². The minimum Gasteiger partial charge on any atom is -0.393 e. The van der Waals surface area contributed by atoms with Crippen molar-refractivity contribution in [3.8, 4) is 0 Å². The van der Waals surface area contributed by atoms with Gasteiger partial charge in [-0.25, -0.2) is 0 Å². The zero-order chi connectivity index (χ0) is 29.7. The van der Waals surface area contributed by atoms with Gasteiger partial charge in [0, 0.05) is 18.4 Å². The molecule has 0 bridgehead atoms. The number of unbranched alkanes of at least 4 members (excludes halogenated alkanes) is 14. The van der Waals surface area contributed by atoms with Crippen LogP contribution in [0.3, 0.4) is 0 Å². The lowest BCUT2D eigenvalue weighted by Crippen LogP contribution is -2.56. The summed E-state index contributed by atoms with van der Waals surface area (Å²) < 4.78 is 11.5. The van der Waals surface area contributed by atoms with Crippen molar-refractivity contribution in [3.05, 3.63) is 12.3 Å². The molecule has 0 saturated carbocycles. The van der Waals surface area contributed by atoms with E-state index in [1.807, 2.05) is 13.8 Å². The number of nitrogens with one attached hydrogen (secondary N) is 2. The number of aliphatic hydroxyl groups is 1. The first-order valence-corrected chi connectivity index (χ1v) is 16.3. The van der Waals surface area contributed by atoms with Crippen molar-refractivity contribution < 1.29 is 24.2 Å². The van der Waals surface area contributed by atoms with E-state index in [1.165, 1.54) is 89.9 Å². The van der Waals surface area contributed by atoms with Crippen LogP contribution >= 0.6 is 0 Å². The number of aliphatic hydroxyl groups excluding tert-OH is 1. The molecule has 234 valence electrons. The van der Waals surface area contributed by atoms with E-state index in [4.69, 9.17) is 9.47 Å². The topological polar surface area (TPSA) is 96.9 Å². The zero-order valence-electron chi connectivity index (χ0n) is 26.5. The number of hydrogen-bond acceptors (Lipinski definition) is 5. The van der Waals surface area contributed by atoms with Crippen LogP contribution in [-0.4, -0.2) is 48.1 Å². The first kappa shape index (κ1) is 36.6. The summed E-state index contributed by atoms with van der Waals surface area (Å²) in [6.45, 7) is 10.4. The van der Waals surface area contributed by atoms with Gasteiger partial charge < -0.3 is 25.2 Å². The summed E-state index contributed by atoms with van der Waals surface area (Å²) in [6, 6.07) is 0. The van der Waals surface area contributed by atoms with Gasteiger partial charge in [-0.3, -0.25) is 9.59 Å². The lowest BCUT2D eigenvalue weighted by molar-refractivity contribution is -0.304. The summed E-state index contributed by atoms with van der Waals surface area (Å²) in [5.74, 6) is -1.22. The maximum Gasteiger partial charge on any atom is 0.249 e. The highest BCUT2D eigenvalue weighted by atomic mass is 16.7. The first-order valence-electron chi connectivity index (χ1n) is 16.3. The Kier molecular flexibility index (Phi) is 19.5. The molecule has 1 heterocycles. The second kappa shape index (κ2) is 21.3. The third-order valence-corrected chi connectivity index (χ3v) is 7.70. The van der Waals surface area contributed by atoms with Gasteiger partial charge in [0.2, 0.25) is 11.8 Å². The van der Waals surface area contributed by atoms with Crippen molar-refractivity contribution in [1.29, 1.82) is 0 Å². The predicted octanol–water partition coefficient (Wildman–Crippen LogP) is 7.31. The molecular weight excluding hydrogens is 504 g/mol. The molecule has 7 nitrogen and oxygen atoms in total. The zero-order valence-corrected chi connectivity index (χ0v) is 26.5. The van der Waals surface area contributed by atoms with Crippen LogP contribution in [0.1, 0.15) is 150 Å². The third kappa shape index (κ3) is 18.1. The van der Waals surface area contributed by atoms with Crippen LogP contribution in [0.5, 0.6) is 0 Å². The summed E-state index contributed by atoms with van der Waals surface area (Å²) in [7, 11) is 0. The molecule has 1 rings (SSSR count). The van der Waals surface area contributed by atoms with Gasteiger partial charge >= 0.3 is 0 Å². The Bertz CT molecular complexity index is 707. The van der Waals surface area contributed by atoms with Crippen molar-refractivity contribution in [2.45, 2.75) is 168 Å². The Hall–Kier alpha value is -1.44. The molecule has 1 fully saturated rings. The molecule has 7 heteroatoms. The normalized spacial score (nSPS) is 19.0. The summed E-state index contributed by atoms with van der Waals surface area (Å²) in [5, 5.41) is 15.7. The molecule has 0 aliphatic carbocycles. The van der Waals surface area contributed by atoms with Gasteiger partial charge in [0.1, 0.15) is 6.10 Å². The van der Waals surface area contributed by atoms with Crippen LogP contribution in [0.25, 0.3) is 0 Å². The molecule has 0 aromatic heterocycles. The van der Waals surface area contributed by atoms with E-state index >= 15 is 0 Å². The number of ether oxygens (including phenoxy) is 2. The molecule has 2 amide bonds. The monoisotopic (exact) mass is 566 g/mol. The number of hydrogen-bond donors (Lipinski definition) is 3. The van der Waals surface area contributed by atoms with E-state index in [0.29, 0.717) is 13.0 Å². The Balaban J connectivity index is 1.97. The molecule has 0 spiro atoms. The van der Waals surface area contributed by atoms with E-state index in [0.717, 1.165) is 12.8 Å². The lowest BCUT2D eigenvalue weighted by Gasteiger charge is -2.44. The van der Waals surface area contributed by atoms with Crippen LogP contribution < -0.4 is 10.6 Å². The molecule has 40 heavy (non-hydrogen) atoms. The molecule has 2 unspecified atom stereocenters. The van der Waals surface area contributed by atoms with Crippen LogP contribution in [0.2, 0.25) is 0 Å². The van der Waals surface area contributed by atoms with Gasteiger partial charge in [-0.15, -0.1) is 0 Å². The average molecular weight is 567 g/mol. The van der Waals surface area contributed by atoms with Gasteiger partial charge in [0.15, 0.2) is 5.79 Å². The van der Waals surface area contributed by atoms with Crippen molar-refractivity contribution >= 4 is 11.8 Å². The van der Waals surface area contributed by atoms with Crippen molar-refractivity contribution in [2.24, 2.45) is 5.41 Å². The summed E-state index contributed by atoms with van der Waals surface area (Å²) in [5.41, 5.74) is -0.447. The highest BCUT2D eigenvalue weighted by Crippen LogP contribution is 2.34. The summed E-state index contributed by atoms with van der Waals surface area (Å²) in [6.07, 6.45) is 23.9. The van der Waals surface area contributed by atoms with E-state index in [1.54, 1.807) is 26.1 Å². The fraction of sp³-hybridized carbons (Fsp3) is 0.879. The molecule has 1 aliphatic rings. The maximum absolute atomic E-state index is 12.6. The minimum absolute atomic E-state index is 0.171. The number of carbonyl (C=O) groups excluding carboxylic acids is 2. The molecule has 1 saturated heterocycles. The van der Waals surface area contributed by atoms with Gasteiger partial charge in [-0.05, 0) is 32.9 Å². The Morgan fingerprint density at radius 2 is 1.40 bits per heavy atom. The fourth-order valence-electron chi connectivity index (χ4n) is 5.03. The first-order chi connectivity index (χ1) is 19.1. The smallest absolute Gasteiger partial charge is 0.249 e. The minimum atomic E-state index is -0.809. The van der Waals surface area contributed by atoms with Gasteiger partial charge in [-0.2, -0.15) is 0 Å². The van der Waals surface area contributed by atoms with Crippen LogP contribution in [0.4, 0.5) is 0 Å². The van der Waals surface area contributed by atoms with Crippen molar-refractivity contribution in [2.75, 3.05) is 13.2 Å². The SMILES string of the molecule is CCCCCCCCCCCCCCCCCC(O)CC=CNC(=O)CCNC(=O)C1OC(C)(C)OCC1(C)C. The number of rotatable bonds is 23. The summed E-state index contributed by atoms with van der Waals surface area (Å²) >= 11 is 0. The second-order valence-electron chi connectivity index (χ2n) is 12.8. The lowest BCUT2D eigenvalue weighted by atomic mass is 9.85. The van der Waals surface area contributed by atoms with Gasteiger partial charge in [0.05, 0.1) is 12.7 Å². The van der Waals surface area contributed by atoms with Crippen LogP contribution in [0, 0.1) is 5.41 Å². The Labute approximate surface area is 245 Å². The fourth-order valence-corrected chi connectivity index (χ4v) is 5.03. The van der Waals surface area contributed by atoms with Crippen LogP contribution in [0.15, 0.2) is 12.3 Å². The molecule has 0 radical (unpaired) electrons. The molecule has 0 aromatic carbocycles. The van der Waals surface area contributed by atoms with E-state index in [2.05, 4.69) is 17.6 Å². The molecule has 0 aromatic rings.